The molecule has 0 radical (unpaired) electrons. The Kier molecular flexibility index (Phi) is 5.12. The van der Waals surface area contributed by atoms with Gasteiger partial charge in [0.15, 0.2) is 0 Å². The molecular formula is C22H26N4. The molecule has 0 aliphatic carbocycles. The fraction of sp³-hybridized carbons (Fsp3) is 0.364. The van der Waals surface area contributed by atoms with Crippen molar-refractivity contribution >= 4 is 0 Å². The lowest BCUT2D eigenvalue weighted by molar-refractivity contribution is 0.155. The van der Waals surface area contributed by atoms with Gasteiger partial charge in [-0.15, -0.1) is 0 Å². The molecule has 3 heterocycles. The van der Waals surface area contributed by atoms with Crippen molar-refractivity contribution in [2.45, 2.75) is 32.9 Å². The zero-order valence-electron chi connectivity index (χ0n) is 15.4. The first kappa shape index (κ1) is 17.0. The molecule has 1 aromatic carbocycles. The van der Waals surface area contributed by atoms with Crippen LogP contribution < -0.4 is 0 Å². The number of pyridine rings is 1. The summed E-state index contributed by atoms with van der Waals surface area (Å²) in [7, 11) is 0. The molecule has 4 heteroatoms. The maximum atomic E-state index is 4.35. The molecule has 1 atom stereocenters. The minimum atomic E-state index is 0.714. The number of piperidine rings is 1. The third-order valence-electron chi connectivity index (χ3n) is 5.34. The highest BCUT2D eigenvalue weighted by Crippen LogP contribution is 2.22. The van der Waals surface area contributed by atoms with E-state index in [0.717, 1.165) is 18.9 Å². The van der Waals surface area contributed by atoms with Crippen molar-refractivity contribution in [3.05, 3.63) is 72.6 Å². The monoisotopic (exact) mass is 346 g/mol. The van der Waals surface area contributed by atoms with Crippen molar-refractivity contribution < 1.29 is 0 Å². The lowest BCUT2D eigenvalue weighted by atomic mass is 9.97. The van der Waals surface area contributed by atoms with Crippen LogP contribution in [0.1, 0.15) is 24.2 Å². The molecule has 4 rings (SSSR count). The van der Waals surface area contributed by atoms with Gasteiger partial charge in [-0.3, -0.25) is 9.88 Å². The summed E-state index contributed by atoms with van der Waals surface area (Å²) in [5.41, 5.74) is 3.79. The van der Waals surface area contributed by atoms with E-state index in [4.69, 9.17) is 0 Å². The van der Waals surface area contributed by atoms with Gasteiger partial charge in [0.1, 0.15) is 5.82 Å². The molecule has 26 heavy (non-hydrogen) atoms. The zero-order chi connectivity index (χ0) is 17.8. The Bertz CT molecular complexity index is 823. The average molecular weight is 346 g/mol. The highest BCUT2D eigenvalue weighted by atomic mass is 15.1. The summed E-state index contributed by atoms with van der Waals surface area (Å²) >= 11 is 0. The summed E-state index contributed by atoms with van der Waals surface area (Å²) in [6.07, 6.45) is 10.3. The Balaban J connectivity index is 1.37. The van der Waals surface area contributed by atoms with Crippen LogP contribution in [0.3, 0.4) is 0 Å². The third kappa shape index (κ3) is 4.02. The molecule has 0 amide bonds. The predicted molar refractivity (Wildman–Crippen MR) is 105 cm³/mol. The normalized spacial score (nSPS) is 18.1. The van der Waals surface area contributed by atoms with Gasteiger partial charge in [-0.1, -0.05) is 30.3 Å². The number of nitrogens with zero attached hydrogens (tertiary/aromatic N) is 4. The minimum absolute atomic E-state index is 0.714. The second-order valence-corrected chi connectivity index (χ2v) is 7.31. The van der Waals surface area contributed by atoms with E-state index < -0.39 is 0 Å². The Hall–Kier alpha value is -2.46. The molecule has 1 fully saturated rings. The number of likely N-dealkylation sites (tertiary alicyclic amines) is 1. The van der Waals surface area contributed by atoms with Crippen LogP contribution in [0.15, 0.2) is 61.2 Å². The van der Waals surface area contributed by atoms with E-state index in [1.165, 1.54) is 42.6 Å². The van der Waals surface area contributed by atoms with Crippen molar-refractivity contribution in [1.29, 1.82) is 0 Å². The molecule has 0 spiro atoms. The second kappa shape index (κ2) is 7.83. The van der Waals surface area contributed by atoms with Crippen LogP contribution in [0.5, 0.6) is 0 Å². The number of aryl methyl sites for hydroxylation is 1. The van der Waals surface area contributed by atoms with Crippen molar-refractivity contribution in [1.82, 2.24) is 19.4 Å². The lowest BCUT2D eigenvalue weighted by Crippen LogP contribution is -2.36. The van der Waals surface area contributed by atoms with Gasteiger partial charge in [0.05, 0.1) is 0 Å². The summed E-state index contributed by atoms with van der Waals surface area (Å²) in [5.74, 6) is 1.83. The molecule has 0 N–H and O–H groups in total. The van der Waals surface area contributed by atoms with Gasteiger partial charge >= 0.3 is 0 Å². The quantitative estimate of drug-likeness (QED) is 0.695. The van der Waals surface area contributed by atoms with Gasteiger partial charge in [0.25, 0.3) is 0 Å². The third-order valence-corrected chi connectivity index (χ3v) is 5.34. The number of imidazole rings is 1. The van der Waals surface area contributed by atoms with E-state index in [0.29, 0.717) is 5.92 Å². The Labute approximate surface area is 155 Å². The Morgan fingerprint density at radius 2 is 1.96 bits per heavy atom. The van der Waals surface area contributed by atoms with Crippen molar-refractivity contribution in [2.75, 3.05) is 13.1 Å². The van der Waals surface area contributed by atoms with E-state index in [1.807, 2.05) is 24.7 Å². The summed E-state index contributed by atoms with van der Waals surface area (Å²) in [5, 5.41) is 0. The number of rotatable bonds is 5. The molecule has 1 aliphatic rings. The number of aromatic nitrogens is 3. The molecule has 2 aromatic heterocycles. The Morgan fingerprint density at radius 1 is 1.08 bits per heavy atom. The summed E-state index contributed by atoms with van der Waals surface area (Å²) < 4.78 is 2.29. The first-order valence-electron chi connectivity index (χ1n) is 9.47. The summed E-state index contributed by atoms with van der Waals surface area (Å²) in [6.45, 7) is 6.57. The number of hydrogen-bond donors (Lipinski definition) is 0. The van der Waals surface area contributed by atoms with Crippen molar-refractivity contribution in [2.24, 2.45) is 5.92 Å². The van der Waals surface area contributed by atoms with Gasteiger partial charge in [-0.2, -0.15) is 0 Å². The molecule has 3 aromatic rings. The van der Waals surface area contributed by atoms with Crippen LogP contribution >= 0.6 is 0 Å². The Morgan fingerprint density at radius 3 is 2.69 bits per heavy atom. The zero-order valence-corrected chi connectivity index (χ0v) is 15.4. The van der Waals surface area contributed by atoms with E-state index in [1.54, 1.807) is 0 Å². The smallest absolute Gasteiger partial charge is 0.105 e. The molecule has 1 saturated heterocycles. The molecule has 4 nitrogen and oxygen atoms in total. The SMILES string of the molecule is Cc1nccn1C[C@@H]1CCCN(Cc2ccc(-c3cccnc3)cc2)C1. The summed E-state index contributed by atoms with van der Waals surface area (Å²) in [4.78, 5) is 11.2. The van der Waals surface area contributed by atoms with Crippen LogP contribution in [-0.2, 0) is 13.1 Å². The maximum absolute atomic E-state index is 4.35. The lowest BCUT2D eigenvalue weighted by Gasteiger charge is -2.33. The maximum Gasteiger partial charge on any atom is 0.105 e. The van der Waals surface area contributed by atoms with Crippen LogP contribution in [0.2, 0.25) is 0 Å². The van der Waals surface area contributed by atoms with E-state index in [9.17, 15) is 0 Å². The molecule has 0 unspecified atom stereocenters. The predicted octanol–water partition coefficient (Wildman–Crippen LogP) is 4.17. The average Bonchev–Trinajstić information content (AvgIpc) is 3.08. The number of hydrogen-bond acceptors (Lipinski definition) is 3. The standard InChI is InChI=1S/C22H26N4/c1-18-24-11-13-26(18)17-20-4-3-12-25(16-20)15-19-6-8-21(9-7-19)22-5-2-10-23-14-22/h2,5-11,13-14,20H,3-4,12,15-17H2,1H3/t20-/m1/s1. The molecule has 0 saturated carbocycles. The van der Waals surface area contributed by atoms with Crippen LogP contribution in [0.25, 0.3) is 11.1 Å². The van der Waals surface area contributed by atoms with Crippen LogP contribution in [-0.4, -0.2) is 32.5 Å². The largest absolute Gasteiger partial charge is 0.335 e. The molecular weight excluding hydrogens is 320 g/mol. The summed E-state index contributed by atoms with van der Waals surface area (Å²) in [6, 6.07) is 13.0. The first-order valence-corrected chi connectivity index (χ1v) is 9.47. The molecule has 1 aliphatic heterocycles. The molecule has 0 bridgehead atoms. The van der Waals surface area contributed by atoms with Gasteiger partial charge in [-0.05, 0) is 55.0 Å². The van der Waals surface area contributed by atoms with E-state index in [-0.39, 0.29) is 0 Å². The van der Waals surface area contributed by atoms with Crippen molar-refractivity contribution in [3.63, 3.8) is 0 Å². The van der Waals surface area contributed by atoms with Gasteiger partial charge in [0.2, 0.25) is 0 Å². The van der Waals surface area contributed by atoms with E-state index >= 15 is 0 Å². The first-order chi connectivity index (χ1) is 12.8. The van der Waals surface area contributed by atoms with E-state index in [2.05, 4.69) is 62.9 Å². The van der Waals surface area contributed by atoms with Gasteiger partial charge < -0.3 is 4.57 Å². The highest BCUT2D eigenvalue weighted by Gasteiger charge is 2.20. The van der Waals surface area contributed by atoms with Crippen LogP contribution in [0, 0.1) is 12.8 Å². The van der Waals surface area contributed by atoms with Crippen molar-refractivity contribution in [3.8, 4) is 11.1 Å². The van der Waals surface area contributed by atoms with Crippen LogP contribution in [0.4, 0.5) is 0 Å². The molecule has 134 valence electrons. The number of benzene rings is 1. The van der Waals surface area contributed by atoms with Gasteiger partial charge in [0, 0.05) is 44.4 Å². The fourth-order valence-corrected chi connectivity index (χ4v) is 3.91. The van der Waals surface area contributed by atoms with Gasteiger partial charge in [-0.25, -0.2) is 4.98 Å². The second-order valence-electron chi connectivity index (χ2n) is 7.31. The highest BCUT2D eigenvalue weighted by molar-refractivity contribution is 5.62. The minimum Gasteiger partial charge on any atom is -0.335 e. The fourth-order valence-electron chi connectivity index (χ4n) is 3.91. The topological polar surface area (TPSA) is 34.0 Å².